The van der Waals surface area contributed by atoms with Gasteiger partial charge in [0.2, 0.25) is 0 Å². The van der Waals surface area contributed by atoms with Gasteiger partial charge >= 0.3 is 5.97 Å². The Morgan fingerprint density at radius 1 is 0.646 bits per heavy atom. The highest BCUT2D eigenvalue weighted by Gasteiger charge is 2.56. The Morgan fingerprint density at radius 3 is 1.94 bits per heavy atom. The first-order chi connectivity index (χ1) is 38.3. The van der Waals surface area contributed by atoms with Crippen LogP contribution in [0, 0.1) is 100 Å². The summed E-state index contributed by atoms with van der Waals surface area (Å²) in [4.78, 5) is 43.2. The van der Waals surface area contributed by atoms with Gasteiger partial charge in [0.25, 0.3) is 0 Å². The summed E-state index contributed by atoms with van der Waals surface area (Å²) in [5.41, 5.74) is 2.82. The van der Waals surface area contributed by atoms with Crippen molar-refractivity contribution in [3.05, 3.63) is 46.6 Å². The van der Waals surface area contributed by atoms with Gasteiger partial charge in [-0.2, -0.15) is 0 Å². The molecule has 4 saturated heterocycles. The average Bonchev–Trinajstić information content (AvgIpc) is 3.76. The molecule has 7 aliphatic rings. The lowest BCUT2D eigenvalue weighted by molar-refractivity contribution is -0.317. The molecule has 28 atom stereocenters. The first-order valence-electron chi connectivity index (χ1n) is 32.9. The monoisotopic (exact) mass is 1140 g/mol. The van der Waals surface area contributed by atoms with E-state index in [2.05, 4.69) is 164 Å². The summed E-state index contributed by atoms with van der Waals surface area (Å²) in [6.45, 7) is 50.9. The van der Waals surface area contributed by atoms with Crippen molar-refractivity contribution in [2.45, 2.75) is 284 Å². The third kappa shape index (κ3) is 14.6. The van der Waals surface area contributed by atoms with Gasteiger partial charge in [-0.15, -0.1) is 0 Å². The molecule has 0 aromatic heterocycles. The van der Waals surface area contributed by atoms with Gasteiger partial charge in [-0.3, -0.25) is 9.59 Å². The smallest absolute Gasteiger partial charge is 0.334 e. The van der Waals surface area contributed by atoms with E-state index in [4.69, 9.17) is 37.9 Å². The van der Waals surface area contributed by atoms with Crippen LogP contribution in [0.4, 0.5) is 0 Å². The molecule has 0 amide bonds. The van der Waals surface area contributed by atoms with Crippen molar-refractivity contribution in [3.8, 4) is 0 Å². The van der Waals surface area contributed by atoms with Crippen molar-refractivity contribution < 1.29 is 52.3 Å². The van der Waals surface area contributed by atoms with E-state index in [1.165, 1.54) is 5.57 Å². The van der Waals surface area contributed by atoms with Gasteiger partial charge in [0.15, 0.2) is 18.9 Å². The van der Waals surface area contributed by atoms with Crippen LogP contribution in [0.3, 0.4) is 0 Å². The Morgan fingerprint density at radius 2 is 1.29 bits per heavy atom. The van der Waals surface area contributed by atoms with E-state index < -0.39 is 30.0 Å². The second-order valence-electron chi connectivity index (χ2n) is 29.7. The van der Waals surface area contributed by atoms with Crippen molar-refractivity contribution in [1.29, 1.82) is 0 Å². The number of esters is 1. The van der Waals surface area contributed by atoms with Crippen molar-refractivity contribution in [2.75, 3.05) is 0 Å². The number of rotatable bonds is 11. The number of Topliss-reactive ketones (excluding diaryl/α,β-unsaturated/α-hetero) is 2. The normalized spacial score (nSPS) is 48.3. The minimum absolute atomic E-state index is 0.0202. The molecular weight excluding hydrogens is 1030 g/mol. The summed E-state index contributed by atoms with van der Waals surface area (Å²) >= 11 is 0. The number of carbonyl (C=O) groups is 3. The summed E-state index contributed by atoms with van der Waals surface area (Å²) in [6, 6.07) is 0. The lowest BCUT2D eigenvalue weighted by Crippen LogP contribution is -2.59. The van der Waals surface area contributed by atoms with E-state index in [1.807, 2.05) is 19.9 Å². The highest BCUT2D eigenvalue weighted by molar-refractivity contribution is 6.09. The maximum Gasteiger partial charge on any atom is 0.334 e. The Kier molecular flexibility index (Phi) is 22.3. The summed E-state index contributed by atoms with van der Waals surface area (Å²) in [6.07, 6.45) is 11.8. The predicted octanol–water partition coefficient (Wildman–Crippen LogP) is 15.7. The Labute approximate surface area is 498 Å². The minimum Gasteiger partial charge on any atom is -0.459 e. The van der Waals surface area contributed by atoms with Crippen LogP contribution in [0.2, 0.25) is 0 Å². The molecule has 11 nitrogen and oxygen atoms in total. The molecule has 1 saturated carbocycles. The van der Waals surface area contributed by atoms with E-state index in [-0.39, 0.29) is 138 Å². The second kappa shape index (κ2) is 27.3. The van der Waals surface area contributed by atoms with Crippen LogP contribution >= 0.6 is 0 Å². The number of ether oxygens (including phenoxy) is 8. The van der Waals surface area contributed by atoms with E-state index >= 15 is 0 Å². The fraction of sp³-hybridized carbons (Fsp3) is 0.845. The number of hydrogen-bond acceptors (Lipinski definition) is 11. The lowest BCUT2D eigenvalue weighted by atomic mass is 9.63. The fourth-order valence-electron chi connectivity index (χ4n) is 16.4. The molecule has 7 rings (SSSR count). The number of carbonyl (C=O) groups excluding carboxylic acids is 3. The van der Waals surface area contributed by atoms with E-state index in [0.29, 0.717) is 48.0 Å². The number of ketones is 2. The first-order valence-corrected chi connectivity index (χ1v) is 32.9. The summed E-state index contributed by atoms with van der Waals surface area (Å²) in [5.74, 6) is 1.39. The van der Waals surface area contributed by atoms with Crippen molar-refractivity contribution in [3.63, 3.8) is 0 Å². The van der Waals surface area contributed by atoms with Crippen LogP contribution in [-0.2, 0) is 52.3 Å². The van der Waals surface area contributed by atoms with E-state index in [0.717, 1.165) is 43.3 Å². The molecule has 6 unspecified atom stereocenters. The van der Waals surface area contributed by atoms with Gasteiger partial charge in [0.05, 0.1) is 54.7 Å². The van der Waals surface area contributed by atoms with Gasteiger partial charge in [-0.05, 0) is 152 Å². The zero-order chi connectivity index (χ0) is 60.8. The number of cyclic esters (lactones) is 1. The van der Waals surface area contributed by atoms with Crippen LogP contribution in [0.15, 0.2) is 46.6 Å². The molecule has 0 aromatic carbocycles. The zero-order valence-corrected chi connectivity index (χ0v) is 55.5. The Balaban J connectivity index is 1.13. The SMILES string of the molecule is CC[C@@H](CC1O[C@@](C)([C@H](C)C2C[C@H](C)[C@@H](C)CCC3C(C)=CC(C4C(=O)CC(=O)C34)[C@@H](O[C@@H]3O[C@@H](C)[C@@H](C)[C@H](C)[C@H]3C)[C@H](C)/C=C(C)/C=C(C)/C=C(\C)C(=O)O2)[C@H](C)[C@@H](C)[C@H]1C)O[C@H]1CC(C)(C)[C@@H](O[C@H]2C[C@@H](C)[C@H](C)[C@@H](C)O2)[C@H](C)O1. The van der Waals surface area contributed by atoms with Crippen LogP contribution < -0.4 is 0 Å². The molecular formula is C71H116O11. The predicted molar refractivity (Wildman–Crippen MR) is 326 cm³/mol. The average molecular weight is 1150 g/mol. The summed E-state index contributed by atoms with van der Waals surface area (Å²) < 4.78 is 55.1. The third-order valence-electron chi connectivity index (χ3n) is 23.6. The first kappa shape index (κ1) is 67.0. The van der Waals surface area contributed by atoms with Crippen molar-refractivity contribution in [2.24, 2.45) is 100 Å². The van der Waals surface area contributed by atoms with Crippen LogP contribution in [0.25, 0.3) is 0 Å². The quantitative estimate of drug-likeness (QED) is 0.112. The minimum atomic E-state index is -0.637. The van der Waals surface area contributed by atoms with Crippen LogP contribution in [0.5, 0.6) is 0 Å². The van der Waals surface area contributed by atoms with E-state index in [1.54, 1.807) is 0 Å². The van der Waals surface area contributed by atoms with Crippen molar-refractivity contribution in [1.82, 2.24) is 0 Å². The Hall–Kier alpha value is -2.51. The molecule has 0 aromatic rings. The van der Waals surface area contributed by atoms with Gasteiger partial charge in [0.1, 0.15) is 17.7 Å². The molecule has 5 fully saturated rings. The van der Waals surface area contributed by atoms with Gasteiger partial charge < -0.3 is 37.9 Å². The van der Waals surface area contributed by atoms with Gasteiger partial charge in [-0.25, -0.2) is 4.79 Å². The molecule has 11 heteroatoms. The topological polar surface area (TPSA) is 125 Å². The molecule has 2 aliphatic carbocycles. The Bertz CT molecular complexity index is 2320. The molecule has 0 N–H and O–H groups in total. The summed E-state index contributed by atoms with van der Waals surface area (Å²) in [7, 11) is 0. The number of fused-ring (bicyclic) bond motifs is 5. The standard InChI is InChI=1S/C71H116O11/c1-24-55(78-63-35-70(21,22)67(54(20)76-63)80-62-32-40(6)44(10)52(18)75-62)33-60-48(14)46(12)50(16)71(23,82-60)51(17)61-31-39(5)38(4)25-26-56-41(7)30-57(65-59(73)34-58(72)64(56)65)66(81-69-49(15)45(11)47(13)53(19)77-69)42(8)28-36(2)27-37(3)29-43(9)68(74)79-61/h27-30,38-40,42,44-57,60-67,69H,24-26,31-35H2,1-23H3/b36-28+,37-27+,43-29+/t38-,39-,40+,42+,44-,45-,46-,47-,48+,49+,50+,51+,52+,53-,54-,55-,56?,57?,60?,61?,62-,63-,64?,65?,66-,67-,69-,71+/m0/s1. The van der Waals surface area contributed by atoms with Crippen molar-refractivity contribution >= 4 is 17.5 Å². The van der Waals surface area contributed by atoms with Crippen LogP contribution in [-0.4, -0.2) is 90.8 Å². The lowest BCUT2D eigenvalue weighted by Gasteiger charge is -2.55. The zero-order valence-electron chi connectivity index (χ0n) is 55.5. The molecule has 5 aliphatic heterocycles. The van der Waals surface area contributed by atoms with Gasteiger partial charge in [0, 0.05) is 60.3 Å². The molecule has 5 heterocycles. The largest absolute Gasteiger partial charge is 0.459 e. The summed E-state index contributed by atoms with van der Waals surface area (Å²) in [5, 5.41) is 0. The maximum atomic E-state index is 14.6. The molecule has 466 valence electrons. The number of hydrogen-bond donors (Lipinski definition) is 0. The number of allylic oxidation sites excluding steroid dienone is 5. The highest BCUT2D eigenvalue weighted by Crippen LogP contribution is 2.52. The maximum absolute atomic E-state index is 14.6. The highest BCUT2D eigenvalue weighted by atomic mass is 16.7. The van der Waals surface area contributed by atoms with E-state index in [9.17, 15) is 14.4 Å². The molecule has 0 radical (unpaired) electrons. The fourth-order valence-corrected chi connectivity index (χ4v) is 16.4. The van der Waals surface area contributed by atoms with Gasteiger partial charge in [-0.1, -0.05) is 139 Å². The second-order valence-corrected chi connectivity index (χ2v) is 29.7. The molecule has 0 spiro atoms. The molecule has 82 heavy (non-hydrogen) atoms. The third-order valence-corrected chi connectivity index (χ3v) is 23.6. The van der Waals surface area contributed by atoms with Crippen LogP contribution in [0.1, 0.15) is 211 Å². The molecule has 2 bridgehead atoms.